The Morgan fingerprint density at radius 1 is 1.24 bits per heavy atom. The van der Waals surface area contributed by atoms with E-state index in [0.29, 0.717) is 22.3 Å². The number of hydrogen-bond donors (Lipinski definition) is 4. The van der Waals surface area contributed by atoms with Gasteiger partial charge in [0.2, 0.25) is 5.95 Å². The van der Waals surface area contributed by atoms with E-state index in [0.717, 1.165) is 16.7 Å². The Balaban J connectivity index is 1.84. The molecule has 174 valence electrons. The molecule has 3 N–H and O–H groups in total. The van der Waals surface area contributed by atoms with E-state index in [4.69, 9.17) is 4.74 Å². The second-order valence-electron chi connectivity index (χ2n) is 7.30. The number of aromatic nitrogens is 2. The predicted molar refractivity (Wildman–Crippen MR) is 129 cm³/mol. The van der Waals surface area contributed by atoms with Crippen LogP contribution in [0, 0.1) is 6.92 Å². The lowest BCUT2D eigenvalue weighted by atomic mass is 10.1. The Labute approximate surface area is 194 Å². The first-order valence-corrected chi connectivity index (χ1v) is 11.6. The average Bonchev–Trinajstić information content (AvgIpc) is 2.79. The maximum atomic E-state index is 12.2. The van der Waals surface area contributed by atoms with Crippen molar-refractivity contribution in [3.05, 3.63) is 60.3 Å². The van der Waals surface area contributed by atoms with Crippen molar-refractivity contribution in [1.82, 2.24) is 9.97 Å². The summed E-state index contributed by atoms with van der Waals surface area (Å²) in [7, 11) is -2.24. The highest BCUT2D eigenvalue weighted by Gasteiger charge is 2.12. The van der Waals surface area contributed by atoms with Gasteiger partial charge < -0.3 is 20.5 Å². The first-order valence-electron chi connectivity index (χ1n) is 10.4. The fourth-order valence-electron chi connectivity index (χ4n) is 2.94. The van der Waals surface area contributed by atoms with Gasteiger partial charge in [0.1, 0.15) is 5.82 Å². The topological polar surface area (TPSA) is 126 Å². The number of carbonyl (C=O) groups excluding carboxylic acids is 1. The number of aliphatic hydroxyl groups excluding tert-OH is 1. The number of anilines is 3. The van der Waals surface area contributed by atoms with Crippen molar-refractivity contribution in [2.24, 2.45) is 4.36 Å². The van der Waals surface area contributed by atoms with Crippen molar-refractivity contribution in [2.75, 3.05) is 23.8 Å². The largest absolute Gasteiger partial charge is 0.448 e. The maximum Gasteiger partial charge on any atom is 0.441 e. The molecule has 1 heterocycles. The number of benzene rings is 2. The van der Waals surface area contributed by atoms with Gasteiger partial charge in [0, 0.05) is 28.4 Å². The summed E-state index contributed by atoms with van der Waals surface area (Å²) >= 11 is 0. The zero-order valence-electron chi connectivity index (χ0n) is 18.6. The van der Waals surface area contributed by atoms with Crippen LogP contribution in [0.5, 0.6) is 0 Å². The van der Waals surface area contributed by atoms with Crippen LogP contribution in [0.3, 0.4) is 0 Å². The number of amides is 1. The van der Waals surface area contributed by atoms with Crippen LogP contribution in [-0.2, 0) is 15.3 Å². The quantitative estimate of drug-likeness (QED) is 0.362. The average molecular weight is 470 g/mol. The first kappa shape index (κ1) is 24.1. The highest BCUT2D eigenvalue weighted by Crippen LogP contribution is 2.28. The molecule has 3 aromatic rings. The van der Waals surface area contributed by atoms with Gasteiger partial charge in [0.25, 0.3) is 0 Å². The summed E-state index contributed by atoms with van der Waals surface area (Å²) in [6.45, 7) is 5.65. The molecule has 33 heavy (non-hydrogen) atoms. The zero-order chi connectivity index (χ0) is 23.8. The molecule has 0 aliphatic carbocycles. The van der Waals surface area contributed by atoms with Gasteiger partial charge in [-0.3, -0.25) is 0 Å². The molecule has 0 aliphatic rings. The molecule has 0 spiro atoms. The van der Waals surface area contributed by atoms with E-state index >= 15 is 0 Å². The van der Waals surface area contributed by atoms with Gasteiger partial charge in [-0.1, -0.05) is 29.8 Å². The molecule has 0 radical (unpaired) electrons. The number of carbonyl (C=O) groups is 1. The number of aliphatic hydroxyl groups is 1. The van der Waals surface area contributed by atoms with Gasteiger partial charge in [0.05, 0.1) is 23.8 Å². The monoisotopic (exact) mass is 469 g/mol. The molecule has 0 saturated carbocycles. The van der Waals surface area contributed by atoms with Crippen LogP contribution in [0.1, 0.15) is 19.4 Å². The Morgan fingerprint density at radius 2 is 2.00 bits per heavy atom. The standard InChI is InChI=1S/C23H27N5O4S/c1-4-32-23(30)28-33(31)19-10-8-18(9-11-19)26-22-24-13-20(17-7-5-6-15(2)12-17)21(27-22)25-16(3)14-29/h5-13,16,29,33H,4,14H2,1-3H3,(H2,24,25,26,27)/t16-/m1/s1. The van der Waals surface area contributed by atoms with Crippen molar-refractivity contribution in [3.8, 4) is 11.1 Å². The van der Waals surface area contributed by atoms with Crippen LogP contribution in [0.15, 0.2) is 64.0 Å². The highest BCUT2D eigenvalue weighted by molar-refractivity contribution is 7.75. The van der Waals surface area contributed by atoms with Crippen molar-refractivity contribution in [1.29, 1.82) is 0 Å². The van der Waals surface area contributed by atoms with Crippen LogP contribution < -0.4 is 10.6 Å². The molecular formula is C23H27N5O4S. The van der Waals surface area contributed by atoms with Crippen LogP contribution in [0.25, 0.3) is 11.1 Å². The van der Waals surface area contributed by atoms with E-state index in [1.54, 1.807) is 37.4 Å². The maximum absolute atomic E-state index is 12.2. The van der Waals surface area contributed by atoms with Crippen LogP contribution in [0.4, 0.5) is 22.2 Å². The lowest BCUT2D eigenvalue weighted by Gasteiger charge is -2.17. The summed E-state index contributed by atoms with van der Waals surface area (Å²) in [6, 6.07) is 14.4. The van der Waals surface area contributed by atoms with E-state index in [2.05, 4.69) is 25.0 Å². The van der Waals surface area contributed by atoms with Gasteiger partial charge >= 0.3 is 6.09 Å². The fourth-order valence-corrected chi connectivity index (χ4v) is 3.67. The summed E-state index contributed by atoms with van der Waals surface area (Å²) in [5, 5.41) is 15.8. The minimum Gasteiger partial charge on any atom is -0.448 e. The first-order chi connectivity index (χ1) is 15.9. The van der Waals surface area contributed by atoms with Gasteiger partial charge in [-0.15, -0.1) is 4.36 Å². The van der Waals surface area contributed by atoms with Crippen molar-refractivity contribution < 1.29 is 18.8 Å². The van der Waals surface area contributed by atoms with Gasteiger partial charge in [-0.2, -0.15) is 4.98 Å². The minimum atomic E-state index is -2.24. The molecule has 10 heteroatoms. The highest BCUT2D eigenvalue weighted by atomic mass is 32.2. The van der Waals surface area contributed by atoms with E-state index < -0.39 is 16.7 Å². The van der Waals surface area contributed by atoms with Crippen molar-refractivity contribution in [2.45, 2.75) is 31.7 Å². The fraction of sp³-hybridized carbons (Fsp3) is 0.261. The smallest absolute Gasteiger partial charge is 0.441 e. The summed E-state index contributed by atoms with van der Waals surface area (Å²) in [5.74, 6) is 0.944. The molecule has 3 rings (SSSR count). The predicted octanol–water partition coefficient (Wildman–Crippen LogP) is 4.17. The molecule has 2 atom stereocenters. The summed E-state index contributed by atoms with van der Waals surface area (Å²) in [6.07, 6.45) is 0.875. The molecule has 1 unspecified atom stereocenters. The van der Waals surface area contributed by atoms with E-state index in [-0.39, 0.29) is 19.3 Å². The molecule has 0 bridgehead atoms. The Hall–Kier alpha value is -3.50. The number of nitrogens with one attached hydrogen (secondary N) is 2. The third-order valence-corrected chi connectivity index (χ3v) is 5.64. The number of ether oxygens (including phenoxy) is 1. The van der Waals surface area contributed by atoms with Gasteiger partial charge in [0.15, 0.2) is 0 Å². The normalized spacial score (nSPS) is 12.7. The molecule has 1 aromatic heterocycles. The number of nitrogens with zero attached hydrogens (tertiary/aromatic N) is 3. The zero-order valence-corrected chi connectivity index (χ0v) is 19.5. The molecule has 2 aromatic carbocycles. The van der Waals surface area contributed by atoms with E-state index in [9.17, 15) is 14.1 Å². The minimum absolute atomic E-state index is 0.0451. The Morgan fingerprint density at radius 3 is 2.67 bits per heavy atom. The number of hydrogen-bond acceptors (Lipinski definition) is 8. The second-order valence-corrected chi connectivity index (χ2v) is 8.56. The third kappa shape index (κ3) is 6.74. The molecule has 0 saturated heterocycles. The third-order valence-electron chi connectivity index (χ3n) is 4.56. The van der Waals surface area contributed by atoms with E-state index in [1.807, 2.05) is 38.1 Å². The van der Waals surface area contributed by atoms with Crippen LogP contribution in [0.2, 0.25) is 0 Å². The molecule has 1 amide bonds. The lowest BCUT2D eigenvalue weighted by molar-refractivity contribution is 0.164. The molecular weight excluding hydrogens is 442 g/mol. The summed E-state index contributed by atoms with van der Waals surface area (Å²) < 4.78 is 20.4. The lowest BCUT2D eigenvalue weighted by Crippen LogP contribution is -2.21. The van der Waals surface area contributed by atoms with Crippen LogP contribution in [-0.4, -0.2) is 44.6 Å². The Kier molecular flexibility index (Phi) is 8.34. The van der Waals surface area contributed by atoms with Crippen LogP contribution >= 0.6 is 0 Å². The van der Waals surface area contributed by atoms with Crippen molar-refractivity contribution in [3.63, 3.8) is 0 Å². The van der Waals surface area contributed by atoms with Gasteiger partial charge in [-0.25, -0.2) is 14.0 Å². The molecule has 0 aliphatic heterocycles. The summed E-state index contributed by atoms with van der Waals surface area (Å²) in [5.41, 5.74) is 3.57. The van der Waals surface area contributed by atoms with Crippen molar-refractivity contribution >= 4 is 34.1 Å². The second kappa shape index (κ2) is 11.4. The molecule has 0 fully saturated rings. The van der Waals surface area contributed by atoms with E-state index in [1.165, 1.54) is 0 Å². The Bertz CT molecular complexity index is 1190. The number of rotatable bonds is 8. The van der Waals surface area contributed by atoms with Gasteiger partial charge in [-0.05, 0) is 50.6 Å². The SMILES string of the molecule is CCOC(=O)/N=[SH](=O)/c1ccc(Nc2ncc(-c3cccc(C)c3)c(N[C@H](C)CO)n2)cc1. The summed E-state index contributed by atoms with van der Waals surface area (Å²) in [4.78, 5) is 20.8. The molecule has 9 nitrogen and oxygen atoms in total. The number of thiol groups is 1. The number of aryl methyl sites for hydroxylation is 1.